The molecule has 0 aliphatic heterocycles. The first-order valence-electron chi connectivity index (χ1n) is 18.0. The summed E-state index contributed by atoms with van der Waals surface area (Å²) in [6.07, 6.45) is 0.700. The second kappa shape index (κ2) is 19.9. The van der Waals surface area contributed by atoms with E-state index in [4.69, 9.17) is 60.9 Å². The molecule has 6 aromatic rings. The molecule has 2 aromatic heterocycles. The number of hydrogen-bond donors (Lipinski definition) is 1. The molecule has 0 fully saturated rings. The van der Waals surface area contributed by atoms with Crippen molar-refractivity contribution in [1.82, 2.24) is 0 Å². The summed E-state index contributed by atoms with van der Waals surface area (Å²) < 4.78 is 71.4. The van der Waals surface area contributed by atoms with Gasteiger partial charge in [0.2, 0.25) is 33.9 Å². The number of ether oxygens (including phenoxy) is 11. The van der Waals surface area contributed by atoms with Gasteiger partial charge < -0.3 is 66.0 Å². The number of alkyl halides is 1. The Bertz CT molecular complexity index is 2550. The Morgan fingerprint density at radius 2 is 0.883 bits per heavy atom. The van der Waals surface area contributed by atoms with Crippen LogP contribution in [0.25, 0.3) is 44.6 Å². The maximum Gasteiger partial charge on any atom is 0.239 e. The van der Waals surface area contributed by atoms with Crippen molar-refractivity contribution in [2.24, 2.45) is 0 Å². The fourth-order valence-electron chi connectivity index (χ4n) is 6.22. The molecule has 0 spiro atoms. The quantitative estimate of drug-likeness (QED) is 0.0731. The number of halogens is 1. The average molecular weight is 898 g/mol. The van der Waals surface area contributed by atoms with Gasteiger partial charge >= 0.3 is 0 Å². The van der Waals surface area contributed by atoms with Gasteiger partial charge in [0.1, 0.15) is 44.9 Å². The minimum absolute atomic E-state index is 0.0490. The van der Waals surface area contributed by atoms with Crippen molar-refractivity contribution in [2.75, 3.05) is 83.0 Å². The van der Waals surface area contributed by atoms with Gasteiger partial charge in [0.15, 0.2) is 34.5 Å². The first-order chi connectivity index (χ1) is 29.0. The van der Waals surface area contributed by atoms with Gasteiger partial charge in [-0.05, 0) is 30.7 Å². The minimum Gasteiger partial charge on any atom is -0.502 e. The van der Waals surface area contributed by atoms with Crippen LogP contribution in [0.2, 0.25) is 0 Å². The summed E-state index contributed by atoms with van der Waals surface area (Å²) >= 11 is 3.37. The van der Waals surface area contributed by atoms with E-state index in [0.29, 0.717) is 81.5 Å². The van der Waals surface area contributed by atoms with E-state index >= 15 is 0 Å². The minimum atomic E-state index is -0.635. The Morgan fingerprint density at radius 3 is 1.27 bits per heavy atom. The van der Waals surface area contributed by atoms with Crippen LogP contribution in [0.3, 0.4) is 0 Å². The van der Waals surface area contributed by atoms with Crippen LogP contribution in [-0.4, -0.2) is 88.1 Å². The largest absolute Gasteiger partial charge is 0.502 e. The van der Waals surface area contributed by atoms with Crippen molar-refractivity contribution in [2.45, 2.75) is 6.42 Å². The molecule has 0 atom stereocenters. The van der Waals surface area contributed by atoms with Crippen LogP contribution in [0.15, 0.2) is 67.0 Å². The van der Waals surface area contributed by atoms with E-state index in [2.05, 4.69) is 15.9 Å². The number of rotatable bonds is 16. The van der Waals surface area contributed by atoms with Crippen molar-refractivity contribution >= 4 is 37.9 Å². The molecule has 0 aliphatic rings. The molecule has 17 heteroatoms. The number of hydrogen-bond acceptors (Lipinski definition) is 16. The van der Waals surface area contributed by atoms with Crippen molar-refractivity contribution < 1.29 is 66.0 Å². The van der Waals surface area contributed by atoms with Crippen molar-refractivity contribution in [1.29, 1.82) is 0 Å². The molecule has 4 aromatic carbocycles. The second-order valence-corrected chi connectivity index (χ2v) is 13.1. The predicted octanol–water partition coefficient (Wildman–Crippen LogP) is 7.88. The Hall–Kier alpha value is -6.62. The molecule has 16 nitrogen and oxygen atoms in total. The highest BCUT2D eigenvalue weighted by Gasteiger charge is 2.25. The molecule has 0 bridgehead atoms. The summed E-state index contributed by atoms with van der Waals surface area (Å²) in [6, 6.07) is 12.9. The maximum absolute atomic E-state index is 13.5. The number of aromatic hydroxyl groups is 1. The van der Waals surface area contributed by atoms with Crippen LogP contribution in [0.1, 0.15) is 6.42 Å². The van der Waals surface area contributed by atoms with E-state index in [9.17, 15) is 14.7 Å². The molecule has 0 unspecified atom stereocenters. The highest BCUT2D eigenvalue weighted by Crippen LogP contribution is 2.46. The highest BCUT2D eigenvalue weighted by atomic mass is 79.9. The Kier molecular flexibility index (Phi) is 14.7. The van der Waals surface area contributed by atoms with Crippen LogP contribution in [-0.2, 0) is 0 Å². The Balaban J connectivity index is 0.000000230. The Labute approximate surface area is 353 Å². The van der Waals surface area contributed by atoms with E-state index in [1.165, 1.54) is 77.2 Å². The number of benzene rings is 4. The zero-order valence-electron chi connectivity index (χ0n) is 34.7. The first kappa shape index (κ1) is 44.5. The van der Waals surface area contributed by atoms with Crippen LogP contribution >= 0.6 is 15.9 Å². The second-order valence-electron chi connectivity index (χ2n) is 12.3. The molecule has 0 amide bonds. The normalized spacial score (nSPS) is 10.7. The summed E-state index contributed by atoms with van der Waals surface area (Å²) in [6.45, 7) is 0.317. The SMILES string of the molecule is COc1cc(OC)c2c(=O)c(O)c(-c3cc(OC)c(OC)c(OC)c3)oc2c1.COc1cc(OC)c2c(=O)c(OCCCBr)c(-c3cc(OC)c(OC)c(OC)c3)oc2c1. The fraction of sp³-hybridized carbons (Fsp3) is 0.302. The summed E-state index contributed by atoms with van der Waals surface area (Å²) in [5.74, 6) is 3.50. The van der Waals surface area contributed by atoms with Gasteiger partial charge in [0.25, 0.3) is 0 Å². The van der Waals surface area contributed by atoms with Gasteiger partial charge in [-0.3, -0.25) is 9.59 Å². The van der Waals surface area contributed by atoms with Gasteiger partial charge in [0, 0.05) is 40.7 Å². The lowest BCUT2D eigenvalue weighted by atomic mass is 10.1. The van der Waals surface area contributed by atoms with Gasteiger partial charge in [-0.15, -0.1) is 0 Å². The molecule has 0 aliphatic carbocycles. The predicted molar refractivity (Wildman–Crippen MR) is 227 cm³/mol. The van der Waals surface area contributed by atoms with Gasteiger partial charge in [-0.25, -0.2) is 0 Å². The average Bonchev–Trinajstić information content (AvgIpc) is 3.28. The van der Waals surface area contributed by atoms with Gasteiger partial charge in [-0.2, -0.15) is 0 Å². The Morgan fingerprint density at radius 1 is 0.483 bits per heavy atom. The first-order valence-corrected chi connectivity index (χ1v) is 19.1. The van der Waals surface area contributed by atoms with Crippen LogP contribution < -0.4 is 63.0 Å². The van der Waals surface area contributed by atoms with E-state index in [-0.39, 0.29) is 44.8 Å². The molecule has 2 heterocycles. The molecule has 0 saturated carbocycles. The molecule has 6 rings (SSSR count). The molecular weight excluding hydrogens is 852 g/mol. The summed E-state index contributed by atoms with van der Waals surface area (Å²) in [5, 5.41) is 11.6. The lowest BCUT2D eigenvalue weighted by Crippen LogP contribution is -2.12. The third-order valence-electron chi connectivity index (χ3n) is 9.09. The van der Waals surface area contributed by atoms with E-state index < -0.39 is 11.2 Å². The highest BCUT2D eigenvalue weighted by molar-refractivity contribution is 9.09. The smallest absolute Gasteiger partial charge is 0.239 e. The topological polar surface area (TPSA) is 182 Å². The van der Waals surface area contributed by atoms with E-state index in [1.807, 2.05) is 0 Å². The van der Waals surface area contributed by atoms with Crippen LogP contribution in [0, 0.1) is 0 Å². The van der Waals surface area contributed by atoms with E-state index in [0.717, 1.165) is 5.33 Å². The lowest BCUT2D eigenvalue weighted by Gasteiger charge is -2.16. The molecular formula is C43H45BrO16. The van der Waals surface area contributed by atoms with Crippen LogP contribution in [0.5, 0.6) is 69.0 Å². The molecule has 1 N–H and O–H groups in total. The van der Waals surface area contributed by atoms with Gasteiger partial charge in [-0.1, -0.05) is 15.9 Å². The lowest BCUT2D eigenvalue weighted by molar-refractivity contribution is 0.309. The molecule has 0 radical (unpaired) electrons. The molecule has 60 heavy (non-hydrogen) atoms. The van der Waals surface area contributed by atoms with Crippen molar-refractivity contribution in [3.8, 4) is 91.6 Å². The van der Waals surface area contributed by atoms with Crippen LogP contribution in [0.4, 0.5) is 0 Å². The van der Waals surface area contributed by atoms with Crippen molar-refractivity contribution in [3.63, 3.8) is 0 Å². The zero-order chi connectivity index (χ0) is 43.7. The third kappa shape index (κ3) is 8.71. The third-order valence-corrected chi connectivity index (χ3v) is 9.65. The standard InChI is InChI=1S/C23H25BrO8.C20H20O8/c1-26-14-11-15(27-2)19-16(12-14)32-21(23(20(19)25)31-8-6-7-24)13-9-17(28-3)22(30-5)18(10-13)29-4;1-23-11-8-12(24-2)16-13(9-11)28-19(18(22)17(16)21)10-6-14(25-3)20(27-5)15(7-10)26-4/h9-12H,6-8H2,1-5H3;6-9,22H,1-5H3. The number of fused-ring (bicyclic) bond motifs is 2. The maximum atomic E-state index is 13.5. The monoisotopic (exact) mass is 896 g/mol. The fourth-order valence-corrected chi connectivity index (χ4v) is 6.45. The summed E-state index contributed by atoms with van der Waals surface area (Å²) in [7, 11) is 14.9. The number of methoxy groups -OCH3 is 10. The molecule has 320 valence electrons. The van der Waals surface area contributed by atoms with Crippen molar-refractivity contribution in [3.05, 3.63) is 69.0 Å². The molecule has 0 saturated heterocycles. The summed E-state index contributed by atoms with van der Waals surface area (Å²) in [5.41, 5.74) is 0.390. The van der Waals surface area contributed by atoms with Gasteiger partial charge in [0.05, 0.1) is 77.7 Å². The zero-order valence-corrected chi connectivity index (χ0v) is 36.3. The van der Waals surface area contributed by atoms with E-state index in [1.54, 1.807) is 42.5 Å². The summed E-state index contributed by atoms with van der Waals surface area (Å²) in [4.78, 5) is 26.3.